The Labute approximate surface area is 123 Å². The monoisotopic (exact) mass is 283 g/mol. The Bertz CT molecular complexity index is 691. The molecule has 5 rings (SSSR count). The Kier molecular flexibility index (Phi) is 2.23. The van der Waals surface area contributed by atoms with Crippen molar-refractivity contribution in [1.29, 1.82) is 0 Å². The van der Waals surface area contributed by atoms with Crippen LogP contribution in [0.5, 0.6) is 0 Å². The maximum Gasteiger partial charge on any atom is 0.143 e. The number of benzene rings is 1. The van der Waals surface area contributed by atoms with Crippen LogP contribution in [0, 0.1) is 5.82 Å². The molecular weight excluding hydrogens is 265 g/mol. The van der Waals surface area contributed by atoms with Gasteiger partial charge in [0.25, 0.3) is 0 Å². The minimum absolute atomic E-state index is 0.00354. The predicted octanol–water partition coefficient (Wildman–Crippen LogP) is 3.71. The molecule has 0 bridgehead atoms. The van der Waals surface area contributed by atoms with Gasteiger partial charge in [0.15, 0.2) is 0 Å². The van der Waals surface area contributed by atoms with E-state index in [2.05, 4.69) is 14.8 Å². The van der Waals surface area contributed by atoms with Crippen molar-refractivity contribution >= 4 is 0 Å². The van der Waals surface area contributed by atoms with Crippen molar-refractivity contribution in [1.82, 2.24) is 14.8 Å². The van der Waals surface area contributed by atoms with Crippen molar-refractivity contribution in [3.05, 3.63) is 47.3 Å². The highest BCUT2D eigenvalue weighted by Crippen LogP contribution is 2.56. The molecule has 0 N–H and O–H groups in total. The van der Waals surface area contributed by atoms with Gasteiger partial charge < -0.3 is 4.57 Å². The van der Waals surface area contributed by atoms with Gasteiger partial charge >= 0.3 is 0 Å². The van der Waals surface area contributed by atoms with Crippen LogP contribution in [0.25, 0.3) is 0 Å². The van der Waals surface area contributed by atoms with E-state index in [4.69, 9.17) is 0 Å². The number of hydrogen-bond donors (Lipinski definition) is 0. The maximum absolute atomic E-state index is 13.2. The summed E-state index contributed by atoms with van der Waals surface area (Å²) in [5.41, 5.74) is 1.19. The van der Waals surface area contributed by atoms with Crippen LogP contribution in [0.15, 0.2) is 24.3 Å². The van der Waals surface area contributed by atoms with Gasteiger partial charge in [-0.1, -0.05) is 12.1 Å². The van der Waals surface area contributed by atoms with Crippen molar-refractivity contribution < 1.29 is 4.39 Å². The summed E-state index contributed by atoms with van der Waals surface area (Å²) in [5.74, 6) is 2.81. The lowest BCUT2D eigenvalue weighted by molar-refractivity contribution is 0.601. The van der Waals surface area contributed by atoms with E-state index in [0.29, 0.717) is 12.0 Å². The molecule has 1 aromatic carbocycles. The molecule has 0 radical (unpaired) electrons. The first kappa shape index (κ1) is 11.9. The fraction of sp³-hybridized carbons (Fsp3) is 0.529. The molecule has 0 amide bonds. The highest BCUT2D eigenvalue weighted by Gasteiger charge is 2.52. The standard InChI is InChI=1S/C17H18FN3/c18-13-5-3-12(4-6-13)17(9-10-17)16-20-19-15(11-1-2-11)21(16)14-7-8-14/h3-6,11,14H,1-2,7-10H2. The number of rotatable bonds is 4. The zero-order valence-electron chi connectivity index (χ0n) is 11.9. The van der Waals surface area contributed by atoms with Crippen molar-refractivity contribution in [3.8, 4) is 0 Å². The van der Waals surface area contributed by atoms with Crippen LogP contribution < -0.4 is 0 Å². The average molecular weight is 283 g/mol. The topological polar surface area (TPSA) is 30.7 Å². The predicted molar refractivity (Wildman–Crippen MR) is 76.7 cm³/mol. The summed E-state index contributed by atoms with van der Waals surface area (Å²) in [4.78, 5) is 0. The van der Waals surface area contributed by atoms with Crippen LogP contribution in [0.3, 0.4) is 0 Å². The summed E-state index contributed by atoms with van der Waals surface area (Å²) in [5, 5.41) is 9.12. The Balaban J connectivity index is 1.62. The van der Waals surface area contributed by atoms with Crippen molar-refractivity contribution in [3.63, 3.8) is 0 Å². The van der Waals surface area contributed by atoms with E-state index in [1.54, 1.807) is 12.1 Å². The summed E-state index contributed by atoms with van der Waals surface area (Å²) in [7, 11) is 0. The van der Waals surface area contributed by atoms with Gasteiger partial charge in [0.1, 0.15) is 17.5 Å². The molecule has 1 aromatic heterocycles. The summed E-state index contributed by atoms with van der Waals surface area (Å²) in [6, 6.07) is 7.59. The molecule has 2 aromatic rings. The normalized spacial score (nSPS) is 23.3. The lowest BCUT2D eigenvalue weighted by Gasteiger charge is -2.17. The Morgan fingerprint density at radius 3 is 2.29 bits per heavy atom. The zero-order valence-corrected chi connectivity index (χ0v) is 11.9. The minimum Gasteiger partial charge on any atom is -0.311 e. The highest BCUT2D eigenvalue weighted by atomic mass is 19.1. The molecule has 108 valence electrons. The molecule has 3 fully saturated rings. The Morgan fingerprint density at radius 1 is 1.00 bits per heavy atom. The molecule has 0 atom stereocenters. The maximum atomic E-state index is 13.2. The SMILES string of the molecule is Fc1ccc(C2(c3nnc(C4CC4)n3C3CC3)CC2)cc1. The molecule has 1 heterocycles. The van der Waals surface area contributed by atoms with Crippen molar-refractivity contribution in [2.75, 3.05) is 0 Å². The summed E-state index contributed by atoms with van der Waals surface area (Å²) < 4.78 is 15.6. The van der Waals surface area contributed by atoms with Crippen LogP contribution >= 0.6 is 0 Å². The van der Waals surface area contributed by atoms with Gasteiger partial charge in [-0.15, -0.1) is 10.2 Å². The third-order valence-electron chi connectivity index (χ3n) is 5.15. The van der Waals surface area contributed by atoms with Gasteiger partial charge in [-0.25, -0.2) is 4.39 Å². The second-order valence-electron chi connectivity index (χ2n) is 6.85. The third kappa shape index (κ3) is 1.78. The third-order valence-corrected chi connectivity index (χ3v) is 5.15. The van der Waals surface area contributed by atoms with E-state index in [-0.39, 0.29) is 11.2 Å². The van der Waals surface area contributed by atoms with Crippen LogP contribution in [-0.4, -0.2) is 14.8 Å². The largest absolute Gasteiger partial charge is 0.311 e. The van der Waals surface area contributed by atoms with Gasteiger partial charge in [0, 0.05) is 12.0 Å². The van der Waals surface area contributed by atoms with E-state index in [9.17, 15) is 4.39 Å². The molecule has 4 heteroatoms. The van der Waals surface area contributed by atoms with Crippen molar-refractivity contribution in [2.24, 2.45) is 0 Å². The smallest absolute Gasteiger partial charge is 0.143 e. The first-order chi connectivity index (χ1) is 10.3. The first-order valence-electron chi connectivity index (χ1n) is 7.99. The molecule has 21 heavy (non-hydrogen) atoms. The van der Waals surface area contributed by atoms with E-state index in [1.807, 2.05) is 12.1 Å². The van der Waals surface area contributed by atoms with Crippen LogP contribution in [0.1, 0.15) is 67.7 Å². The Morgan fingerprint density at radius 2 is 1.71 bits per heavy atom. The highest BCUT2D eigenvalue weighted by molar-refractivity contribution is 5.40. The molecule has 0 unspecified atom stereocenters. The molecular formula is C17H18FN3. The fourth-order valence-electron chi connectivity index (χ4n) is 3.48. The van der Waals surface area contributed by atoms with Crippen LogP contribution in [-0.2, 0) is 5.41 Å². The van der Waals surface area contributed by atoms with Crippen LogP contribution in [0.2, 0.25) is 0 Å². The number of hydrogen-bond acceptors (Lipinski definition) is 2. The minimum atomic E-state index is -0.170. The number of nitrogens with zero attached hydrogens (tertiary/aromatic N) is 3. The van der Waals surface area contributed by atoms with Gasteiger partial charge in [0.05, 0.1) is 5.41 Å². The van der Waals surface area contributed by atoms with Gasteiger partial charge in [-0.05, 0) is 56.2 Å². The fourth-order valence-corrected chi connectivity index (χ4v) is 3.48. The second-order valence-corrected chi connectivity index (χ2v) is 6.85. The Hall–Kier alpha value is -1.71. The molecule has 3 saturated carbocycles. The van der Waals surface area contributed by atoms with Gasteiger partial charge in [-0.2, -0.15) is 0 Å². The second kappa shape index (κ2) is 3.93. The van der Waals surface area contributed by atoms with Gasteiger partial charge in [-0.3, -0.25) is 0 Å². The lowest BCUT2D eigenvalue weighted by atomic mass is 9.95. The van der Waals surface area contributed by atoms with E-state index in [0.717, 1.165) is 18.7 Å². The molecule has 0 aliphatic heterocycles. The lowest BCUT2D eigenvalue weighted by Crippen LogP contribution is -2.17. The van der Waals surface area contributed by atoms with Crippen molar-refractivity contribution in [2.45, 2.75) is 55.9 Å². The summed E-state index contributed by atoms with van der Waals surface area (Å²) in [6.07, 6.45) is 7.24. The molecule has 0 saturated heterocycles. The first-order valence-corrected chi connectivity index (χ1v) is 7.99. The van der Waals surface area contributed by atoms with Crippen LogP contribution in [0.4, 0.5) is 4.39 Å². The molecule has 3 nitrogen and oxygen atoms in total. The summed E-state index contributed by atoms with van der Waals surface area (Å²) >= 11 is 0. The average Bonchev–Trinajstić information content (AvgIpc) is 3.34. The summed E-state index contributed by atoms with van der Waals surface area (Å²) in [6.45, 7) is 0. The molecule has 0 spiro atoms. The zero-order chi connectivity index (χ0) is 14.0. The van der Waals surface area contributed by atoms with Gasteiger partial charge in [0.2, 0.25) is 0 Å². The van der Waals surface area contributed by atoms with E-state index in [1.165, 1.54) is 37.1 Å². The number of aromatic nitrogens is 3. The number of halogens is 1. The van der Waals surface area contributed by atoms with E-state index < -0.39 is 0 Å². The quantitative estimate of drug-likeness (QED) is 0.856. The molecule has 3 aliphatic rings. The van der Waals surface area contributed by atoms with E-state index >= 15 is 0 Å². The molecule has 3 aliphatic carbocycles.